The third-order valence-electron chi connectivity index (χ3n) is 7.65. The van der Waals surface area contributed by atoms with Crippen molar-refractivity contribution in [2.45, 2.75) is 46.1 Å². The van der Waals surface area contributed by atoms with Crippen molar-refractivity contribution in [3.63, 3.8) is 0 Å². The Bertz CT molecular complexity index is 1730. The third-order valence-corrected chi connectivity index (χ3v) is 7.65. The Morgan fingerprint density at radius 2 is 0.975 bits per heavy atom. The zero-order valence-electron chi connectivity index (χ0n) is 23.4. The zero-order chi connectivity index (χ0) is 27.3. The van der Waals surface area contributed by atoms with Gasteiger partial charge in [0.15, 0.2) is 0 Å². The predicted octanol–water partition coefficient (Wildman–Crippen LogP) is 10.2. The van der Waals surface area contributed by atoms with Crippen molar-refractivity contribution in [2.24, 2.45) is 0 Å². The van der Waals surface area contributed by atoms with Crippen molar-refractivity contribution in [1.82, 2.24) is 0 Å². The molecule has 6 aromatic rings. The molecule has 0 aromatic heterocycles. The predicted molar refractivity (Wildman–Crippen MR) is 168 cm³/mol. The fourth-order valence-electron chi connectivity index (χ4n) is 5.54. The van der Waals surface area contributed by atoms with Gasteiger partial charge in [-0.2, -0.15) is 0 Å². The van der Waals surface area contributed by atoms with Crippen LogP contribution in [0.1, 0.15) is 45.1 Å². The van der Waals surface area contributed by atoms with Gasteiger partial charge in [0.2, 0.25) is 0 Å². The summed E-state index contributed by atoms with van der Waals surface area (Å²) in [5.41, 5.74) is 1.20. The SMILES string of the molecule is CCCCOc1c2ccccc2c(OCCCC)c2cc(OCc3c4ccccc4cc4ccccc34)ccc12. The summed E-state index contributed by atoms with van der Waals surface area (Å²) >= 11 is 0. The first kappa shape index (κ1) is 26.0. The van der Waals surface area contributed by atoms with Gasteiger partial charge in [-0.3, -0.25) is 0 Å². The van der Waals surface area contributed by atoms with Crippen LogP contribution in [0.2, 0.25) is 0 Å². The standard InChI is InChI=1S/C37H36O3/c1-3-5-21-38-36-31-17-11-12-18-32(31)37(39-22-6-4-2)34-24-28(19-20-33(34)36)40-25-35-29-15-9-7-13-26(29)23-27-14-8-10-16-30(27)35/h7-20,23-24H,3-6,21-22,25H2,1-2H3. The minimum Gasteiger partial charge on any atom is -0.492 e. The second-order valence-corrected chi connectivity index (χ2v) is 10.4. The Kier molecular flexibility index (Phi) is 7.72. The van der Waals surface area contributed by atoms with Crippen LogP contribution in [-0.4, -0.2) is 13.2 Å². The molecule has 0 spiro atoms. The lowest BCUT2D eigenvalue weighted by Crippen LogP contribution is -2.02. The van der Waals surface area contributed by atoms with Crippen molar-refractivity contribution in [3.8, 4) is 17.2 Å². The van der Waals surface area contributed by atoms with E-state index in [0.29, 0.717) is 19.8 Å². The van der Waals surface area contributed by atoms with Crippen LogP contribution in [0, 0.1) is 0 Å². The van der Waals surface area contributed by atoms with Gasteiger partial charge in [-0.15, -0.1) is 0 Å². The molecule has 0 amide bonds. The van der Waals surface area contributed by atoms with Crippen LogP contribution in [0.5, 0.6) is 17.2 Å². The highest BCUT2D eigenvalue weighted by atomic mass is 16.5. The van der Waals surface area contributed by atoms with Crippen LogP contribution in [-0.2, 0) is 6.61 Å². The molecule has 0 saturated heterocycles. The topological polar surface area (TPSA) is 27.7 Å². The summed E-state index contributed by atoms with van der Waals surface area (Å²) in [4.78, 5) is 0. The molecular weight excluding hydrogens is 492 g/mol. The fourth-order valence-corrected chi connectivity index (χ4v) is 5.54. The van der Waals surface area contributed by atoms with Gasteiger partial charge in [0.05, 0.1) is 13.2 Å². The molecule has 3 heteroatoms. The number of unbranched alkanes of at least 4 members (excludes halogenated alkanes) is 2. The summed E-state index contributed by atoms with van der Waals surface area (Å²) in [5.74, 6) is 2.65. The van der Waals surface area contributed by atoms with E-state index in [9.17, 15) is 0 Å². The highest BCUT2D eigenvalue weighted by molar-refractivity contribution is 6.11. The molecule has 202 valence electrons. The number of benzene rings is 6. The van der Waals surface area contributed by atoms with Gasteiger partial charge in [-0.1, -0.05) is 99.5 Å². The lowest BCUT2D eigenvalue weighted by molar-refractivity contribution is 0.306. The van der Waals surface area contributed by atoms with E-state index in [2.05, 4.69) is 111 Å². The zero-order valence-corrected chi connectivity index (χ0v) is 23.4. The van der Waals surface area contributed by atoms with Gasteiger partial charge < -0.3 is 14.2 Å². The van der Waals surface area contributed by atoms with Gasteiger partial charge in [0, 0.05) is 27.1 Å². The molecule has 0 aliphatic rings. The quantitative estimate of drug-likeness (QED) is 0.124. The van der Waals surface area contributed by atoms with Crippen molar-refractivity contribution in [2.75, 3.05) is 13.2 Å². The van der Waals surface area contributed by atoms with Crippen molar-refractivity contribution in [1.29, 1.82) is 0 Å². The molecule has 6 aromatic carbocycles. The fraction of sp³-hybridized carbons (Fsp3) is 0.243. The highest BCUT2D eigenvalue weighted by Gasteiger charge is 2.17. The number of ether oxygens (including phenoxy) is 3. The smallest absolute Gasteiger partial charge is 0.135 e. The minimum absolute atomic E-state index is 0.479. The maximum absolute atomic E-state index is 6.55. The first-order valence-electron chi connectivity index (χ1n) is 14.5. The van der Waals surface area contributed by atoms with E-state index in [1.807, 2.05) is 0 Å². The van der Waals surface area contributed by atoms with Crippen LogP contribution < -0.4 is 14.2 Å². The average molecular weight is 529 g/mol. The summed E-state index contributed by atoms with van der Waals surface area (Å²) < 4.78 is 19.4. The number of hydrogen-bond acceptors (Lipinski definition) is 3. The van der Waals surface area contributed by atoms with Crippen LogP contribution in [0.4, 0.5) is 0 Å². The van der Waals surface area contributed by atoms with E-state index >= 15 is 0 Å². The summed E-state index contributed by atoms with van der Waals surface area (Å²) in [6.07, 6.45) is 4.20. The molecule has 6 rings (SSSR count). The van der Waals surface area contributed by atoms with Gasteiger partial charge in [0.25, 0.3) is 0 Å². The number of fused-ring (bicyclic) bond motifs is 4. The van der Waals surface area contributed by atoms with Crippen molar-refractivity contribution < 1.29 is 14.2 Å². The summed E-state index contributed by atoms with van der Waals surface area (Å²) in [5, 5.41) is 9.16. The first-order chi connectivity index (χ1) is 19.8. The Hall–Kier alpha value is -4.24. The van der Waals surface area contributed by atoms with Gasteiger partial charge in [-0.05, 0) is 58.7 Å². The molecule has 3 nitrogen and oxygen atoms in total. The largest absolute Gasteiger partial charge is 0.492 e. The van der Waals surface area contributed by atoms with E-state index < -0.39 is 0 Å². The molecule has 0 fully saturated rings. The van der Waals surface area contributed by atoms with E-state index in [0.717, 1.165) is 64.5 Å². The Labute approximate surface area is 236 Å². The Morgan fingerprint density at radius 3 is 1.55 bits per heavy atom. The highest BCUT2D eigenvalue weighted by Crippen LogP contribution is 2.44. The molecule has 0 radical (unpaired) electrons. The average Bonchev–Trinajstić information content (AvgIpc) is 3.00. The molecule has 0 atom stereocenters. The Balaban J connectivity index is 1.44. The van der Waals surface area contributed by atoms with Crippen LogP contribution in [0.25, 0.3) is 43.1 Å². The number of hydrogen-bond donors (Lipinski definition) is 0. The van der Waals surface area contributed by atoms with Crippen molar-refractivity contribution >= 4 is 43.1 Å². The van der Waals surface area contributed by atoms with E-state index in [4.69, 9.17) is 14.2 Å². The second-order valence-electron chi connectivity index (χ2n) is 10.4. The van der Waals surface area contributed by atoms with Gasteiger partial charge in [0.1, 0.15) is 23.9 Å². The lowest BCUT2D eigenvalue weighted by atomic mass is 9.97. The molecule has 0 N–H and O–H groups in total. The van der Waals surface area contributed by atoms with Crippen LogP contribution >= 0.6 is 0 Å². The summed E-state index contributed by atoms with van der Waals surface area (Å²) in [7, 11) is 0. The molecular formula is C37H36O3. The molecule has 0 heterocycles. The second kappa shape index (κ2) is 11.9. The third kappa shape index (κ3) is 5.04. The summed E-state index contributed by atoms with van der Waals surface area (Å²) in [6, 6.07) is 34.1. The van der Waals surface area contributed by atoms with Crippen molar-refractivity contribution in [3.05, 3.63) is 103 Å². The monoisotopic (exact) mass is 528 g/mol. The molecule has 0 unspecified atom stereocenters. The van der Waals surface area contributed by atoms with E-state index in [1.165, 1.54) is 27.1 Å². The molecule has 0 saturated carbocycles. The first-order valence-corrected chi connectivity index (χ1v) is 14.5. The van der Waals surface area contributed by atoms with Crippen LogP contribution in [0.3, 0.4) is 0 Å². The Morgan fingerprint density at radius 1 is 0.475 bits per heavy atom. The molecule has 40 heavy (non-hydrogen) atoms. The van der Waals surface area contributed by atoms with E-state index in [-0.39, 0.29) is 0 Å². The normalized spacial score (nSPS) is 11.4. The molecule has 0 aliphatic carbocycles. The van der Waals surface area contributed by atoms with E-state index in [1.54, 1.807) is 0 Å². The summed E-state index contributed by atoms with van der Waals surface area (Å²) in [6.45, 7) is 6.23. The van der Waals surface area contributed by atoms with Gasteiger partial charge >= 0.3 is 0 Å². The van der Waals surface area contributed by atoms with Crippen LogP contribution in [0.15, 0.2) is 97.1 Å². The van der Waals surface area contributed by atoms with Gasteiger partial charge in [-0.25, -0.2) is 0 Å². The lowest BCUT2D eigenvalue weighted by Gasteiger charge is -2.19. The maximum Gasteiger partial charge on any atom is 0.135 e. The minimum atomic E-state index is 0.479. The number of rotatable bonds is 11. The molecule has 0 bridgehead atoms. The maximum atomic E-state index is 6.55. The molecule has 0 aliphatic heterocycles.